The first-order valence-electron chi connectivity index (χ1n) is 8.70. The first kappa shape index (κ1) is 27.3. The maximum atomic E-state index is 14.3. The molecule has 0 N–H and O–H groups in total. The predicted molar refractivity (Wildman–Crippen MR) is 99.0 cm³/mol. The van der Waals surface area contributed by atoms with Gasteiger partial charge in [0, 0.05) is 6.54 Å². The van der Waals surface area contributed by atoms with Crippen LogP contribution in [-0.4, -0.2) is 53.1 Å². The molecule has 3 nitrogen and oxygen atoms in total. The van der Waals surface area contributed by atoms with Gasteiger partial charge in [0.1, 0.15) is 0 Å². The normalized spacial score (nSPS) is 17.9. The minimum absolute atomic E-state index is 0.0293. The fourth-order valence-corrected chi connectivity index (χ4v) is 3.70. The number of hydrogen-bond acceptors (Lipinski definition) is 2. The third-order valence-electron chi connectivity index (χ3n) is 4.65. The largest absolute Gasteiger partial charge is 0.460 e. The summed E-state index contributed by atoms with van der Waals surface area (Å²) in [6, 6.07) is 5.55. The number of carbonyl (C=O) groups is 2. The highest BCUT2D eigenvalue weighted by Gasteiger charge is 2.85. The number of carbonyl (C=O) groups excluding carboxylic acids is 2. The van der Waals surface area contributed by atoms with Crippen molar-refractivity contribution in [2.75, 3.05) is 6.54 Å². The van der Waals surface area contributed by atoms with Crippen LogP contribution in [0.15, 0.2) is 33.9 Å². The lowest BCUT2D eigenvalue weighted by Crippen LogP contribution is -2.66. The summed E-state index contributed by atoms with van der Waals surface area (Å²) in [6.45, 7) is -0.465. The van der Waals surface area contributed by atoms with Gasteiger partial charge in [-0.1, -0.05) is 12.1 Å². The summed E-state index contributed by atoms with van der Waals surface area (Å²) in [5.41, 5.74) is -6.31. The molecule has 1 atom stereocenters. The second-order valence-electron chi connectivity index (χ2n) is 6.86. The molecule has 0 saturated carbocycles. The van der Waals surface area contributed by atoms with Crippen LogP contribution in [0.1, 0.15) is 33.6 Å². The Balaban J connectivity index is 2.24. The van der Waals surface area contributed by atoms with Crippen molar-refractivity contribution in [2.24, 2.45) is 0 Å². The molecule has 1 heterocycles. The number of allylic oxidation sites excluding steroid dienone is 2. The molecule has 0 saturated heterocycles. The van der Waals surface area contributed by atoms with Gasteiger partial charge in [-0.2, -0.15) is 43.9 Å². The molecule has 0 aliphatic carbocycles. The monoisotopic (exact) mass is 609 g/mol. The predicted octanol–water partition coefficient (Wildman–Crippen LogP) is 6.49. The van der Waals surface area contributed by atoms with Gasteiger partial charge in [-0.15, -0.1) is 0 Å². The van der Waals surface area contributed by atoms with Crippen LogP contribution in [0.3, 0.4) is 0 Å². The Morgan fingerprint density at radius 1 is 0.788 bits per heavy atom. The van der Waals surface area contributed by atoms with Crippen LogP contribution < -0.4 is 0 Å². The minimum atomic E-state index is -7.35. The van der Waals surface area contributed by atoms with Gasteiger partial charge < -0.3 is 0 Å². The number of hydrogen-bond donors (Lipinski definition) is 0. The molecule has 184 valence electrons. The summed E-state index contributed by atoms with van der Waals surface area (Å²) < 4.78 is 143. The van der Waals surface area contributed by atoms with E-state index >= 15 is 0 Å². The molecule has 0 aromatic heterocycles. The van der Waals surface area contributed by atoms with E-state index in [2.05, 4.69) is 0 Å². The van der Waals surface area contributed by atoms with E-state index in [4.69, 9.17) is 0 Å². The third kappa shape index (κ3) is 4.56. The molecule has 0 radical (unpaired) electrons. The van der Waals surface area contributed by atoms with Crippen LogP contribution in [0.4, 0.5) is 48.3 Å². The summed E-state index contributed by atoms with van der Waals surface area (Å²) in [5, 5.41) is 0. The highest BCUT2D eigenvalue weighted by atomic mass is 127. The Labute approximate surface area is 191 Å². The summed E-state index contributed by atoms with van der Waals surface area (Å²) in [4.78, 5) is 25.0. The van der Waals surface area contributed by atoms with E-state index in [1.165, 1.54) is 24.3 Å². The standard InChI is InChI=1S/C18H11F11INO2/c19-14(17(24,25)26,15(20,21)16(22,23)18(27,28)29)8-9(30)4-3-7-31-12(32)10-5-1-2-6-11(10)13(31)33/h1-2,5-6,8H,3-4,7H2. The van der Waals surface area contributed by atoms with Gasteiger partial charge in [0.15, 0.2) is 0 Å². The number of alkyl halides is 11. The Morgan fingerprint density at radius 3 is 1.64 bits per heavy atom. The number of amides is 2. The molecule has 0 bridgehead atoms. The minimum Gasteiger partial charge on any atom is -0.274 e. The lowest BCUT2D eigenvalue weighted by atomic mass is 9.90. The summed E-state index contributed by atoms with van der Waals surface area (Å²) in [5.74, 6) is -16.1. The third-order valence-corrected chi connectivity index (χ3v) is 5.50. The molecule has 1 aromatic carbocycles. The fraction of sp³-hybridized carbons (Fsp3) is 0.444. The van der Waals surface area contributed by atoms with Gasteiger partial charge in [-0.05, 0) is 57.2 Å². The quantitative estimate of drug-likeness (QED) is 0.202. The number of halogens is 12. The number of imide groups is 1. The molecule has 33 heavy (non-hydrogen) atoms. The number of benzene rings is 1. The van der Waals surface area contributed by atoms with Crippen LogP contribution >= 0.6 is 22.6 Å². The van der Waals surface area contributed by atoms with Crippen LogP contribution in [0.5, 0.6) is 0 Å². The molecule has 1 aliphatic heterocycles. The second kappa shape index (κ2) is 8.69. The first-order valence-corrected chi connectivity index (χ1v) is 9.78. The number of rotatable bonds is 7. The molecular weight excluding hydrogens is 598 g/mol. The summed E-state index contributed by atoms with van der Waals surface area (Å²) in [6.07, 6.45) is -16.2. The van der Waals surface area contributed by atoms with Crippen LogP contribution in [0.25, 0.3) is 0 Å². The lowest BCUT2D eigenvalue weighted by molar-refractivity contribution is -0.402. The van der Waals surface area contributed by atoms with Crippen LogP contribution in [-0.2, 0) is 0 Å². The number of fused-ring (bicyclic) bond motifs is 1. The molecule has 1 unspecified atom stereocenters. The Morgan fingerprint density at radius 2 is 1.24 bits per heavy atom. The van der Waals surface area contributed by atoms with Crippen molar-refractivity contribution in [1.82, 2.24) is 4.90 Å². The van der Waals surface area contributed by atoms with Crippen molar-refractivity contribution < 1.29 is 57.9 Å². The van der Waals surface area contributed by atoms with Gasteiger partial charge >= 0.3 is 24.2 Å². The smallest absolute Gasteiger partial charge is 0.274 e. The van der Waals surface area contributed by atoms with Gasteiger partial charge in [0.05, 0.1) is 11.1 Å². The molecule has 2 amide bonds. The van der Waals surface area contributed by atoms with Crippen molar-refractivity contribution in [3.05, 3.63) is 45.0 Å². The number of nitrogens with zero attached hydrogens (tertiary/aromatic N) is 1. The van der Waals surface area contributed by atoms with Crippen molar-refractivity contribution in [3.8, 4) is 0 Å². The van der Waals surface area contributed by atoms with E-state index in [1.54, 1.807) is 0 Å². The van der Waals surface area contributed by atoms with Crippen molar-refractivity contribution >= 4 is 34.4 Å². The maximum absolute atomic E-state index is 14.3. The SMILES string of the molecule is O=C1c2ccccc2C(=O)N1CCCC(I)=CC(F)(C(F)(F)F)C(F)(F)C(F)(F)C(F)(F)F. The zero-order chi connectivity index (χ0) is 25.6. The van der Waals surface area contributed by atoms with Crippen LogP contribution in [0, 0.1) is 0 Å². The van der Waals surface area contributed by atoms with Gasteiger partial charge in [0.2, 0.25) is 0 Å². The van der Waals surface area contributed by atoms with E-state index in [9.17, 15) is 57.9 Å². The average Bonchev–Trinajstić information content (AvgIpc) is 2.91. The van der Waals surface area contributed by atoms with Crippen molar-refractivity contribution in [2.45, 2.75) is 42.7 Å². The highest BCUT2D eigenvalue weighted by molar-refractivity contribution is 14.1. The summed E-state index contributed by atoms with van der Waals surface area (Å²) >= 11 is 0.866. The maximum Gasteiger partial charge on any atom is 0.460 e. The first-order chi connectivity index (χ1) is 14.8. The van der Waals surface area contributed by atoms with Gasteiger partial charge in [0.25, 0.3) is 17.5 Å². The second-order valence-corrected chi connectivity index (χ2v) is 8.24. The lowest BCUT2D eigenvalue weighted by Gasteiger charge is -2.37. The van der Waals surface area contributed by atoms with Gasteiger partial charge in [-0.25, -0.2) is 4.39 Å². The fourth-order valence-electron chi connectivity index (χ4n) is 2.89. The van der Waals surface area contributed by atoms with Crippen molar-refractivity contribution in [3.63, 3.8) is 0 Å². The Bertz CT molecular complexity index is 936. The molecule has 1 aliphatic rings. The van der Waals surface area contributed by atoms with Gasteiger partial charge in [-0.3, -0.25) is 14.5 Å². The highest BCUT2D eigenvalue weighted by Crippen LogP contribution is 2.58. The van der Waals surface area contributed by atoms with Crippen LogP contribution in [0.2, 0.25) is 0 Å². The molecule has 2 rings (SSSR count). The molecule has 15 heteroatoms. The van der Waals surface area contributed by atoms with E-state index in [-0.39, 0.29) is 11.1 Å². The zero-order valence-electron chi connectivity index (χ0n) is 15.8. The Hall–Kier alpha value is -1.94. The Kier molecular flexibility index (Phi) is 7.19. The molecular formula is C18H11F11INO2. The average molecular weight is 609 g/mol. The topological polar surface area (TPSA) is 37.4 Å². The van der Waals surface area contributed by atoms with E-state index in [1.807, 2.05) is 0 Å². The van der Waals surface area contributed by atoms with E-state index in [0.29, 0.717) is 4.90 Å². The molecule has 0 fully saturated rings. The molecule has 0 spiro atoms. The van der Waals surface area contributed by atoms with E-state index < -0.39 is 70.7 Å². The zero-order valence-corrected chi connectivity index (χ0v) is 18.0. The van der Waals surface area contributed by atoms with E-state index in [0.717, 1.165) is 22.6 Å². The molecule has 1 aromatic rings. The van der Waals surface area contributed by atoms with Crippen molar-refractivity contribution in [1.29, 1.82) is 0 Å². The summed E-state index contributed by atoms with van der Waals surface area (Å²) in [7, 11) is 0.